The average molecular weight is 241 g/mol. The van der Waals surface area contributed by atoms with Gasteiger partial charge in [-0.3, -0.25) is 0 Å². The molecule has 1 atom stereocenters. The Morgan fingerprint density at radius 2 is 2.56 bits per heavy atom. The molecule has 1 unspecified atom stereocenters. The maximum Gasteiger partial charge on any atom is 0.315 e. The molecule has 1 aliphatic heterocycles. The molecule has 0 saturated carbocycles. The lowest BCUT2D eigenvalue weighted by Gasteiger charge is -2.10. The monoisotopic (exact) mass is 241 g/mol. The van der Waals surface area contributed by atoms with Crippen LogP contribution < -0.4 is 10.6 Å². The van der Waals surface area contributed by atoms with Crippen LogP contribution in [0.3, 0.4) is 0 Å². The fourth-order valence-electron chi connectivity index (χ4n) is 1.57. The summed E-state index contributed by atoms with van der Waals surface area (Å²) in [6.45, 7) is 1.88. The van der Waals surface area contributed by atoms with Crippen molar-refractivity contribution in [1.82, 2.24) is 15.6 Å². The molecule has 0 bridgehead atoms. The number of amides is 2. The lowest BCUT2D eigenvalue weighted by molar-refractivity contribution is 0.111. The highest BCUT2D eigenvalue weighted by molar-refractivity contribution is 7.09. The minimum Gasteiger partial charge on any atom is -0.376 e. The van der Waals surface area contributed by atoms with Crippen LogP contribution in [-0.4, -0.2) is 30.3 Å². The first-order valence-electron chi connectivity index (χ1n) is 5.36. The maximum atomic E-state index is 11.4. The average Bonchev–Trinajstić information content (AvgIpc) is 2.96. The van der Waals surface area contributed by atoms with Gasteiger partial charge in [0.1, 0.15) is 5.01 Å². The van der Waals surface area contributed by atoms with E-state index in [4.69, 9.17) is 4.74 Å². The van der Waals surface area contributed by atoms with Crippen molar-refractivity contribution in [2.24, 2.45) is 0 Å². The van der Waals surface area contributed by atoms with Crippen LogP contribution in [0, 0.1) is 0 Å². The summed E-state index contributed by atoms with van der Waals surface area (Å²) in [5, 5.41) is 8.34. The van der Waals surface area contributed by atoms with Crippen molar-refractivity contribution in [3.8, 4) is 0 Å². The molecule has 5 nitrogen and oxygen atoms in total. The number of thiazole rings is 1. The molecule has 0 spiro atoms. The van der Waals surface area contributed by atoms with Crippen LogP contribution in [0.25, 0.3) is 0 Å². The number of carbonyl (C=O) groups is 1. The Bertz CT molecular complexity index is 323. The molecule has 1 aliphatic rings. The summed E-state index contributed by atoms with van der Waals surface area (Å²) < 4.78 is 5.40. The Hall–Kier alpha value is -1.14. The van der Waals surface area contributed by atoms with E-state index in [0.29, 0.717) is 13.1 Å². The molecule has 2 amide bonds. The number of urea groups is 1. The number of hydrogen-bond donors (Lipinski definition) is 2. The van der Waals surface area contributed by atoms with Crippen LogP contribution in [0.5, 0.6) is 0 Å². The summed E-state index contributed by atoms with van der Waals surface area (Å²) >= 11 is 1.53. The van der Waals surface area contributed by atoms with Crippen LogP contribution in [-0.2, 0) is 11.3 Å². The molecular weight excluding hydrogens is 226 g/mol. The minimum absolute atomic E-state index is 0.161. The smallest absolute Gasteiger partial charge is 0.315 e. The number of nitrogens with zero attached hydrogens (tertiary/aromatic N) is 1. The van der Waals surface area contributed by atoms with Gasteiger partial charge in [-0.15, -0.1) is 11.3 Å². The zero-order chi connectivity index (χ0) is 11.2. The van der Waals surface area contributed by atoms with E-state index in [2.05, 4.69) is 15.6 Å². The quantitative estimate of drug-likeness (QED) is 0.830. The molecule has 6 heteroatoms. The third kappa shape index (κ3) is 3.46. The van der Waals surface area contributed by atoms with E-state index >= 15 is 0 Å². The molecule has 0 aromatic carbocycles. The van der Waals surface area contributed by atoms with Crippen LogP contribution in [0.1, 0.15) is 17.8 Å². The van der Waals surface area contributed by atoms with Gasteiger partial charge in [-0.1, -0.05) is 0 Å². The van der Waals surface area contributed by atoms with Gasteiger partial charge in [-0.05, 0) is 12.8 Å². The van der Waals surface area contributed by atoms with E-state index in [9.17, 15) is 4.79 Å². The normalized spacial score (nSPS) is 19.6. The molecule has 0 radical (unpaired) electrons. The number of aromatic nitrogens is 1. The van der Waals surface area contributed by atoms with Crippen LogP contribution in [0.4, 0.5) is 4.79 Å². The predicted molar refractivity (Wildman–Crippen MR) is 61.3 cm³/mol. The first-order valence-corrected chi connectivity index (χ1v) is 6.24. The summed E-state index contributed by atoms with van der Waals surface area (Å²) in [5.41, 5.74) is 0. The van der Waals surface area contributed by atoms with Gasteiger partial charge in [0.15, 0.2) is 0 Å². The van der Waals surface area contributed by atoms with Gasteiger partial charge in [0.25, 0.3) is 0 Å². The highest BCUT2D eigenvalue weighted by Crippen LogP contribution is 2.10. The molecule has 2 heterocycles. The fourth-order valence-corrected chi connectivity index (χ4v) is 2.13. The summed E-state index contributed by atoms with van der Waals surface area (Å²) in [7, 11) is 0. The summed E-state index contributed by atoms with van der Waals surface area (Å²) in [6, 6.07) is -0.161. The number of nitrogens with one attached hydrogen (secondary N) is 2. The highest BCUT2D eigenvalue weighted by Gasteiger charge is 2.15. The molecular formula is C10H15N3O2S. The topological polar surface area (TPSA) is 63.2 Å². The number of carbonyl (C=O) groups excluding carboxylic acids is 1. The Balaban J connectivity index is 1.60. The third-order valence-electron chi connectivity index (χ3n) is 2.40. The Morgan fingerprint density at radius 3 is 3.25 bits per heavy atom. The zero-order valence-electron chi connectivity index (χ0n) is 8.94. The second-order valence-electron chi connectivity index (χ2n) is 3.62. The summed E-state index contributed by atoms with van der Waals surface area (Å²) in [4.78, 5) is 15.5. The van der Waals surface area contributed by atoms with Crippen LogP contribution >= 0.6 is 11.3 Å². The van der Waals surface area contributed by atoms with Crippen molar-refractivity contribution >= 4 is 17.4 Å². The SMILES string of the molecule is O=C(NCc1nccs1)NCC1CCCO1. The number of hydrogen-bond acceptors (Lipinski definition) is 4. The van der Waals surface area contributed by atoms with Gasteiger partial charge in [0.05, 0.1) is 12.6 Å². The van der Waals surface area contributed by atoms with E-state index in [1.165, 1.54) is 11.3 Å². The molecule has 2 rings (SSSR count). The standard InChI is InChI=1S/C10H15N3O2S/c14-10(12-6-8-2-1-4-15-8)13-7-9-11-3-5-16-9/h3,5,8H,1-2,4,6-7H2,(H2,12,13,14). The first-order chi connectivity index (χ1) is 7.84. The predicted octanol–water partition coefficient (Wildman–Crippen LogP) is 1.12. The van der Waals surface area contributed by atoms with E-state index < -0.39 is 0 Å². The van der Waals surface area contributed by atoms with Crippen molar-refractivity contribution < 1.29 is 9.53 Å². The largest absolute Gasteiger partial charge is 0.376 e. The Labute approximate surface area is 98.2 Å². The molecule has 2 N–H and O–H groups in total. The Kier molecular flexibility index (Phi) is 4.12. The van der Waals surface area contributed by atoms with Gasteiger partial charge in [0, 0.05) is 24.7 Å². The summed E-state index contributed by atoms with van der Waals surface area (Å²) in [5.74, 6) is 0. The van der Waals surface area contributed by atoms with Crippen LogP contribution in [0.2, 0.25) is 0 Å². The molecule has 1 fully saturated rings. The van der Waals surface area contributed by atoms with E-state index in [1.807, 2.05) is 5.38 Å². The van der Waals surface area contributed by atoms with Crippen molar-refractivity contribution in [3.63, 3.8) is 0 Å². The van der Waals surface area contributed by atoms with Gasteiger partial charge >= 0.3 is 6.03 Å². The van der Waals surface area contributed by atoms with Crippen LogP contribution in [0.15, 0.2) is 11.6 Å². The van der Waals surface area contributed by atoms with Crippen molar-refractivity contribution in [1.29, 1.82) is 0 Å². The van der Waals surface area contributed by atoms with E-state index in [0.717, 1.165) is 24.5 Å². The third-order valence-corrected chi connectivity index (χ3v) is 3.18. The van der Waals surface area contributed by atoms with Crippen molar-refractivity contribution in [2.75, 3.05) is 13.2 Å². The second kappa shape index (κ2) is 5.81. The minimum atomic E-state index is -0.161. The molecule has 1 aromatic heterocycles. The van der Waals surface area contributed by atoms with E-state index in [-0.39, 0.29) is 12.1 Å². The molecule has 1 saturated heterocycles. The Morgan fingerprint density at radius 1 is 1.62 bits per heavy atom. The maximum absolute atomic E-state index is 11.4. The van der Waals surface area contributed by atoms with Gasteiger partial charge < -0.3 is 15.4 Å². The lowest BCUT2D eigenvalue weighted by Crippen LogP contribution is -2.39. The number of rotatable bonds is 4. The van der Waals surface area contributed by atoms with Gasteiger partial charge in [-0.2, -0.15) is 0 Å². The van der Waals surface area contributed by atoms with Crippen molar-refractivity contribution in [3.05, 3.63) is 16.6 Å². The second-order valence-corrected chi connectivity index (χ2v) is 4.60. The molecule has 16 heavy (non-hydrogen) atoms. The first kappa shape index (κ1) is 11.3. The lowest BCUT2D eigenvalue weighted by atomic mass is 10.2. The zero-order valence-corrected chi connectivity index (χ0v) is 9.76. The molecule has 88 valence electrons. The van der Waals surface area contributed by atoms with Gasteiger partial charge in [0.2, 0.25) is 0 Å². The summed E-state index contributed by atoms with van der Waals surface area (Å²) in [6.07, 6.45) is 4.04. The number of ether oxygens (including phenoxy) is 1. The highest BCUT2D eigenvalue weighted by atomic mass is 32.1. The molecule has 0 aliphatic carbocycles. The van der Waals surface area contributed by atoms with Crippen molar-refractivity contribution in [2.45, 2.75) is 25.5 Å². The van der Waals surface area contributed by atoms with Gasteiger partial charge in [-0.25, -0.2) is 9.78 Å². The fraction of sp³-hybridized carbons (Fsp3) is 0.600. The van der Waals surface area contributed by atoms with E-state index in [1.54, 1.807) is 6.20 Å². The molecule has 1 aromatic rings.